The lowest BCUT2D eigenvalue weighted by Crippen LogP contribution is -2.23. The van der Waals surface area contributed by atoms with Crippen molar-refractivity contribution in [2.45, 2.75) is 11.8 Å². The van der Waals surface area contributed by atoms with Gasteiger partial charge in [0.05, 0.1) is 17.6 Å². The number of hydrogen-bond donors (Lipinski definition) is 1. The zero-order chi connectivity index (χ0) is 19.5. The Kier molecular flexibility index (Phi) is 5.79. The third-order valence-electron chi connectivity index (χ3n) is 3.77. The molecule has 2 aromatic rings. The van der Waals surface area contributed by atoms with Gasteiger partial charge in [-0.05, 0) is 48.9 Å². The highest BCUT2D eigenvalue weighted by atomic mass is 32.2. The number of rotatable bonds is 5. The fourth-order valence-corrected chi connectivity index (χ4v) is 3.37. The van der Waals surface area contributed by atoms with E-state index in [4.69, 9.17) is 0 Å². The Labute approximate surface area is 152 Å². The van der Waals surface area contributed by atoms with E-state index in [0.29, 0.717) is 16.8 Å². The number of amides is 1. The molecule has 0 fully saturated rings. The lowest BCUT2D eigenvalue weighted by atomic mass is 10.1. The molecule has 0 aliphatic carbocycles. The summed E-state index contributed by atoms with van der Waals surface area (Å²) in [6.45, 7) is 1.67. The minimum absolute atomic E-state index is 0.0798. The molecule has 2 rings (SSSR count). The Hall–Kier alpha value is -2.71. The van der Waals surface area contributed by atoms with Crippen molar-refractivity contribution in [3.63, 3.8) is 0 Å². The van der Waals surface area contributed by atoms with Crippen molar-refractivity contribution in [2.24, 2.45) is 0 Å². The summed E-state index contributed by atoms with van der Waals surface area (Å²) >= 11 is 0. The highest BCUT2D eigenvalue weighted by molar-refractivity contribution is 7.89. The fraction of sp³-hybridized carbons (Fsp3) is 0.222. The van der Waals surface area contributed by atoms with Crippen molar-refractivity contribution in [3.8, 4) is 0 Å². The number of sulfonamides is 1. The second-order valence-corrected chi connectivity index (χ2v) is 7.91. The SMILES string of the molecule is COC(=O)c1ccc(NC(=O)c2ccc(C)c(S(=O)(=O)N(C)C)c2)cc1. The van der Waals surface area contributed by atoms with Crippen molar-refractivity contribution in [3.05, 3.63) is 59.2 Å². The molecule has 0 spiro atoms. The Balaban J connectivity index is 2.27. The van der Waals surface area contributed by atoms with E-state index >= 15 is 0 Å². The number of nitrogens with zero attached hydrogens (tertiary/aromatic N) is 1. The van der Waals surface area contributed by atoms with E-state index in [1.54, 1.807) is 31.2 Å². The number of aryl methyl sites for hydroxylation is 1. The Bertz CT molecular complexity index is 935. The molecule has 0 aliphatic heterocycles. The Morgan fingerprint density at radius 2 is 1.58 bits per heavy atom. The van der Waals surface area contributed by atoms with Crippen LogP contribution in [0.4, 0.5) is 5.69 Å². The summed E-state index contributed by atoms with van der Waals surface area (Å²) in [7, 11) is 0.504. The predicted molar refractivity (Wildman–Crippen MR) is 97.8 cm³/mol. The first kappa shape index (κ1) is 19.6. The lowest BCUT2D eigenvalue weighted by molar-refractivity contribution is 0.0600. The van der Waals surface area contributed by atoms with Crippen molar-refractivity contribution < 1.29 is 22.7 Å². The van der Waals surface area contributed by atoms with E-state index in [1.807, 2.05) is 0 Å². The van der Waals surface area contributed by atoms with Crippen molar-refractivity contribution in [1.82, 2.24) is 4.31 Å². The zero-order valence-corrected chi connectivity index (χ0v) is 15.8. The zero-order valence-electron chi connectivity index (χ0n) is 14.9. The number of anilines is 1. The molecule has 7 nitrogen and oxygen atoms in total. The Morgan fingerprint density at radius 3 is 2.12 bits per heavy atom. The van der Waals surface area contributed by atoms with Crippen LogP contribution in [0.5, 0.6) is 0 Å². The van der Waals surface area contributed by atoms with E-state index < -0.39 is 21.9 Å². The Morgan fingerprint density at radius 1 is 1.00 bits per heavy atom. The summed E-state index contributed by atoms with van der Waals surface area (Å²) in [6, 6.07) is 10.7. The fourth-order valence-electron chi connectivity index (χ4n) is 2.23. The number of hydrogen-bond acceptors (Lipinski definition) is 5. The second kappa shape index (κ2) is 7.67. The van der Waals surface area contributed by atoms with Crippen molar-refractivity contribution in [2.75, 3.05) is 26.5 Å². The van der Waals surface area contributed by atoms with Crippen LogP contribution >= 0.6 is 0 Å². The van der Waals surface area contributed by atoms with E-state index in [1.165, 1.54) is 39.4 Å². The summed E-state index contributed by atoms with van der Waals surface area (Å²) in [6.07, 6.45) is 0. The predicted octanol–water partition coefficient (Wildman–Crippen LogP) is 2.28. The summed E-state index contributed by atoms with van der Waals surface area (Å²) in [4.78, 5) is 23.9. The van der Waals surface area contributed by atoms with Gasteiger partial charge in [-0.2, -0.15) is 0 Å². The van der Waals surface area contributed by atoms with Gasteiger partial charge in [0.1, 0.15) is 0 Å². The van der Waals surface area contributed by atoms with Gasteiger partial charge in [-0.15, -0.1) is 0 Å². The smallest absolute Gasteiger partial charge is 0.337 e. The molecule has 0 radical (unpaired) electrons. The van der Waals surface area contributed by atoms with Crippen LogP contribution in [-0.4, -0.2) is 45.8 Å². The average Bonchev–Trinajstić information content (AvgIpc) is 2.61. The molecule has 0 saturated carbocycles. The molecule has 0 aliphatic rings. The number of methoxy groups -OCH3 is 1. The van der Waals surface area contributed by atoms with Gasteiger partial charge in [-0.1, -0.05) is 6.07 Å². The van der Waals surface area contributed by atoms with Crippen LogP contribution in [0.2, 0.25) is 0 Å². The molecule has 8 heteroatoms. The number of benzene rings is 2. The standard InChI is InChI=1S/C18H20N2O5S/c1-12-5-6-14(11-16(12)26(23,24)20(2)3)17(21)19-15-9-7-13(8-10-15)18(22)25-4/h5-11H,1-4H3,(H,19,21). The van der Waals surface area contributed by atoms with Crippen LogP contribution in [0.3, 0.4) is 0 Å². The minimum Gasteiger partial charge on any atom is -0.465 e. The van der Waals surface area contributed by atoms with Crippen LogP contribution in [0.1, 0.15) is 26.3 Å². The number of carbonyl (C=O) groups is 2. The van der Waals surface area contributed by atoms with E-state index in [2.05, 4.69) is 10.1 Å². The van der Waals surface area contributed by atoms with E-state index in [0.717, 1.165) is 4.31 Å². The summed E-state index contributed by atoms with van der Waals surface area (Å²) in [5.74, 6) is -0.925. The summed E-state index contributed by atoms with van der Waals surface area (Å²) < 4.78 is 30.4. The molecule has 0 atom stereocenters. The molecule has 26 heavy (non-hydrogen) atoms. The maximum atomic E-state index is 12.4. The number of carbonyl (C=O) groups excluding carboxylic acids is 2. The molecular weight excluding hydrogens is 356 g/mol. The topological polar surface area (TPSA) is 92.8 Å². The van der Waals surface area contributed by atoms with Crippen LogP contribution < -0.4 is 5.32 Å². The first-order valence-electron chi connectivity index (χ1n) is 7.69. The lowest BCUT2D eigenvalue weighted by Gasteiger charge is -2.14. The van der Waals surface area contributed by atoms with Crippen LogP contribution in [-0.2, 0) is 14.8 Å². The quantitative estimate of drug-likeness (QED) is 0.808. The third-order valence-corrected chi connectivity index (χ3v) is 5.73. The van der Waals surface area contributed by atoms with Gasteiger partial charge in [0.25, 0.3) is 5.91 Å². The minimum atomic E-state index is -3.65. The molecule has 2 aromatic carbocycles. The largest absolute Gasteiger partial charge is 0.465 e. The number of esters is 1. The van der Waals surface area contributed by atoms with Gasteiger partial charge in [0.2, 0.25) is 10.0 Å². The third kappa shape index (κ3) is 4.09. The van der Waals surface area contributed by atoms with E-state index in [9.17, 15) is 18.0 Å². The average molecular weight is 376 g/mol. The van der Waals surface area contributed by atoms with Gasteiger partial charge in [0.15, 0.2) is 0 Å². The molecule has 0 aromatic heterocycles. The first-order valence-corrected chi connectivity index (χ1v) is 9.13. The molecular formula is C18H20N2O5S. The maximum absolute atomic E-state index is 12.4. The highest BCUT2D eigenvalue weighted by Gasteiger charge is 2.21. The maximum Gasteiger partial charge on any atom is 0.337 e. The normalized spacial score (nSPS) is 11.3. The van der Waals surface area contributed by atoms with Crippen molar-refractivity contribution in [1.29, 1.82) is 0 Å². The van der Waals surface area contributed by atoms with Gasteiger partial charge in [-0.3, -0.25) is 4.79 Å². The van der Waals surface area contributed by atoms with Gasteiger partial charge >= 0.3 is 5.97 Å². The second-order valence-electron chi connectivity index (χ2n) is 5.79. The molecule has 0 unspecified atom stereocenters. The highest BCUT2D eigenvalue weighted by Crippen LogP contribution is 2.21. The molecule has 1 amide bonds. The van der Waals surface area contributed by atoms with Gasteiger partial charge in [-0.25, -0.2) is 17.5 Å². The van der Waals surface area contributed by atoms with Gasteiger partial charge < -0.3 is 10.1 Å². The number of ether oxygens (including phenoxy) is 1. The first-order chi connectivity index (χ1) is 12.2. The molecule has 0 heterocycles. The molecule has 1 N–H and O–H groups in total. The van der Waals surface area contributed by atoms with Crippen LogP contribution in [0.25, 0.3) is 0 Å². The number of nitrogens with one attached hydrogen (secondary N) is 1. The van der Waals surface area contributed by atoms with E-state index in [-0.39, 0.29) is 10.5 Å². The summed E-state index contributed by atoms with van der Waals surface area (Å²) in [5, 5.41) is 2.67. The monoisotopic (exact) mass is 376 g/mol. The van der Waals surface area contributed by atoms with Crippen LogP contribution in [0.15, 0.2) is 47.4 Å². The molecule has 138 valence electrons. The molecule has 0 saturated heterocycles. The van der Waals surface area contributed by atoms with Crippen molar-refractivity contribution >= 4 is 27.6 Å². The summed E-state index contributed by atoms with van der Waals surface area (Å²) in [5.41, 5.74) is 1.60. The van der Waals surface area contributed by atoms with Gasteiger partial charge in [0, 0.05) is 25.3 Å². The van der Waals surface area contributed by atoms with Crippen LogP contribution in [0, 0.1) is 6.92 Å². The molecule has 0 bridgehead atoms.